The van der Waals surface area contributed by atoms with Crippen molar-refractivity contribution in [2.45, 2.75) is 61.0 Å². The predicted molar refractivity (Wildman–Crippen MR) is 180 cm³/mol. The Labute approximate surface area is 267 Å². The number of hydrogen-bond acceptors (Lipinski definition) is 5. The van der Waals surface area contributed by atoms with Gasteiger partial charge in [0.25, 0.3) is 0 Å². The number of ether oxygens (including phenoxy) is 1. The van der Waals surface area contributed by atoms with Crippen LogP contribution in [-0.2, 0) is 34.7 Å². The van der Waals surface area contributed by atoms with Gasteiger partial charge in [-0.25, -0.2) is 0 Å². The zero-order valence-corrected chi connectivity index (χ0v) is 27.3. The molecule has 7 heteroatoms. The van der Waals surface area contributed by atoms with Crippen molar-refractivity contribution in [3.8, 4) is 11.1 Å². The maximum Gasteiger partial charge on any atom is 0.311 e. The number of methoxy groups -OCH3 is 1. The third-order valence-electron chi connectivity index (χ3n) is 8.07. The predicted octanol–water partition coefficient (Wildman–Crippen LogP) is 9.48. The second-order valence-electron chi connectivity index (χ2n) is 11.8. The Hall–Kier alpha value is -3.19. The molecule has 0 fully saturated rings. The summed E-state index contributed by atoms with van der Waals surface area (Å²) in [6.45, 7) is 6.96. The topological polar surface area (TPSA) is 44.1 Å². The molecule has 0 radical (unpaired) electrons. The van der Waals surface area contributed by atoms with Crippen molar-refractivity contribution < 1.29 is 9.53 Å². The summed E-state index contributed by atoms with van der Waals surface area (Å²) in [5, 5.41) is 2.47. The molecular weight excluding hydrogens is 592 g/mol. The van der Waals surface area contributed by atoms with Crippen molar-refractivity contribution in [2.75, 3.05) is 7.11 Å². The van der Waals surface area contributed by atoms with Crippen LogP contribution in [0.15, 0.2) is 94.9 Å². The molecule has 0 N–H and O–H groups in total. The molecule has 1 atom stereocenters. The second-order valence-corrected chi connectivity index (χ2v) is 14.7. The highest BCUT2D eigenvalue weighted by Gasteiger charge is 2.35. The molecule has 0 aliphatic carbocycles. The SMILES string of the molecule is COC(=O)C(C)(C)Cc1c2c3c(c(SCc4ccc(-c5ccccc5)cn4)ccc3n1Cc1ccc(Cl)cc1)CC(C)S2. The highest BCUT2D eigenvalue weighted by molar-refractivity contribution is 8.00. The number of pyridine rings is 1. The third-order valence-corrected chi connectivity index (χ3v) is 10.7. The Balaban J connectivity index is 1.38. The largest absolute Gasteiger partial charge is 0.469 e. The highest BCUT2D eigenvalue weighted by Crippen LogP contribution is 2.48. The van der Waals surface area contributed by atoms with Crippen LogP contribution in [0.2, 0.25) is 5.02 Å². The first-order valence-electron chi connectivity index (χ1n) is 14.5. The third kappa shape index (κ3) is 6.24. The molecule has 0 bridgehead atoms. The van der Waals surface area contributed by atoms with Crippen LogP contribution in [0.3, 0.4) is 0 Å². The average molecular weight is 627 g/mol. The van der Waals surface area contributed by atoms with Crippen molar-refractivity contribution in [2.24, 2.45) is 5.41 Å². The number of aromatic nitrogens is 2. The fourth-order valence-corrected chi connectivity index (χ4v) is 8.30. The van der Waals surface area contributed by atoms with E-state index in [0.29, 0.717) is 18.2 Å². The van der Waals surface area contributed by atoms with E-state index in [9.17, 15) is 4.79 Å². The molecule has 43 heavy (non-hydrogen) atoms. The second kappa shape index (κ2) is 12.4. The van der Waals surface area contributed by atoms with Gasteiger partial charge in [0.15, 0.2) is 0 Å². The van der Waals surface area contributed by atoms with Crippen LogP contribution in [0.5, 0.6) is 0 Å². The van der Waals surface area contributed by atoms with Crippen molar-refractivity contribution in [3.05, 3.63) is 113 Å². The lowest BCUT2D eigenvalue weighted by molar-refractivity contribution is -0.150. The molecule has 220 valence electrons. The summed E-state index contributed by atoms with van der Waals surface area (Å²) in [6, 6.07) is 27.3. The van der Waals surface area contributed by atoms with Gasteiger partial charge in [0.2, 0.25) is 0 Å². The van der Waals surface area contributed by atoms with E-state index < -0.39 is 5.41 Å². The molecule has 3 aromatic carbocycles. The zero-order valence-electron chi connectivity index (χ0n) is 24.9. The summed E-state index contributed by atoms with van der Waals surface area (Å²) in [5.74, 6) is 0.608. The number of esters is 1. The summed E-state index contributed by atoms with van der Waals surface area (Å²) in [5.41, 5.74) is 7.69. The monoisotopic (exact) mass is 626 g/mol. The van der Waals surface area contributed by atoms with Crippen molar-refractivity contribution in [1.29, 1.82) is 0 Å². The van der Waals surface area contributed by atoms with Crippen LogP contribution in [0.1, 0.15) is 43.3 Å². The molecule has 0 saturated heterocycles. The standard InChI is InChI=1S/C36H35ClN2O2S2/c1-23-18-29-32(42-22-28-15-12-26(20-38-28)25-8-6-5-7-9-25)17-16-30-33(29)34(43-23)31(19-36(2,3)35(40)41-4)39(30)21-24-10-13-27(37)14-11-24/h5-17,20,23H,18-19,21-22H2,1-4H3. The van der Waals surface area contributed by atoms with Gasteiger partial charge >= 0.3 is 5.97 Å². The summed E-state index contributed by atoms with van der Waals surface area (Å²) in [4.78, 5) is 20.2. The smallest absolute Gasteiger partial charge is 0.311 e. The molecule has 5 aromatic rings. The van der Waals surface area contributed by atoms with Crippen LogP contribution in [0.25, 0.3) is 22.0 Å². The Kier molecular flexibility index (Phi) is 8.63. The molecule has 0 spiro atoms. The van der Waals surface area contributed by atoms with E-state index in [4.69, 9.17) is 21.3 Å². The summed E-state index contributed by atoms with van der Waals surface area (Å²) in [6.07, 6.45) is 3.57. The highest BCUT2D eigenvalue weighted by atomic mass is 35.5. The Morgan fingerprint density at radius 2 is 1.81 bits per heavy atom. The molecule has 0 saturated carbocycles. The fourth-order valence-electron chi connectivity index (χ4n) is 5.86. The quantitative estimate of drug-likeness (QED) is 0.120. The van der Waals surface area contributed by atoms with Crippen LogP contribution in [-0.4, -0.2) is 27.9 Å². The molecular formula is C36H35ClN2O2S2. The van der Waals surface area contributed by atoms with Gasteiger partial charge in [-0.15, -0.1) is 23.5 Å². The van der Waals surface area contributed by atoms with Gasteiger partial charge in [0, 0.05) is 61.6 Å². The number of thioether (sulfide) groups is 2. The van der Waals surface area contributed by atoms with Gasteiger partial charge in [-0.2, -0.15) is 0 Å². The molecule has 1 aliphatic heterocycles. The van der Waals surface area contributed by atoms with Gasteiger partial charge in [-0.1, -0.05) is 67.1 Å². The number of hydrogen-bond donors (Lipinski definition) is 0. The van der Waals surface area contributed by atoms with Crippen LogP contribution in [0.4, 0.5) is 0 Å². The van der Waals surface area contributed by atoms with Gasteiger partial charge in [-0.3, -0.25) is 9.78 Å². The van der Waals surface area contributed by atoms with Crippen LogP contribution < -0.4 is 0 Å². The van der Waals surface area contributed by atoms with E-state index in [1.54, 1.807) is 0 Å². The number of nitrogens with zero attached hydrogens (tertiary/aromatic N) is 2. The average Bonchev–Trinajstić information content (AvgIpc) is 3.29. The van der Waals surface area contributed by atoms with Gasteiger partial charge in [0.05, 0.1) is 23.7 Å². The molecule has 1 unspecified atom stereocenters. The van der Waals surface area contributed by atoms with Crippen molar-refractivity contribution in [1.82, 2.24) is 9.55 Å². The molecule has 6 rings (SSSR count). The molecule has 3 heterocycles. The fraction of sp³-hybridized carbons (Fsp3) is 0.278. The maximum absolute atomic E-state index is 12.8. The number of rotatable bonds is 9. The number of carbonyl (C=O) groups excluding carboxylic acids is 1. The summed E-state index contributed by atoms with van der Waals surface area (Å²) >= 11 is 10.00. The van der Waals surface area contributed by atoms with Crippen LogP contribution >= 0.6 is 35.1 Å². The Morgan fingerprint density at radius 1 is 1.05 bits per heavy atom. The first-order valence-corrected chi connectivity index (χ1v) is 16.8. The first-order chi connectivity index (χ1) is 20.7. The summed E-state index contributed by atoms with van der Waals surface area (Å²) < 4.78 is 7.62. The molecule has 2 aromatic heterocycles. The van der Waals surface area contributed by atoms with Gasteiger partial charge in [0.1, 0.15) is 0 Å². The lowest BCUT2D eigenvalue weighted by Gasteiger charge is -2.25. The van der Waals surface area contributed by atoms with Crippen molar-refractivity contribution in [3.63, 3.8) is 0 Å². The van der Waals surface area contributed by atoms with E-state index >= 15 is 0 Å². The number of carbonyl (C=O) groups is 1. The minimum atomic E-state index is -0.659. The lowest BCUT2D eigenvalue weighted by Crippen LogP contribution is -2.29. The molecule has 0 amide bonds. The van der Waals surface area contributed by atoms with Gasteiger partial charge < -0.3 is 9.30 Å². The normalized spacial score (nSPS) is 14.7. The van der Waals surface area contributed by atoms with E-state index in [-0.39, 0.29) is 5.97 Å². The summed E-state index contributed by atoms with van der Waals surface area (Å²) in [7, 11) is 1.47. The van der Waals surface area contributed by atoms with Gasteiger partial charge in [-0.05, 0) is 67.3 Å². The number of halogens is 1. The van der Waals surface area contributed by atoms with E-state index in [0.717, 1.165) is 28.5 Å². The lowest BCUT2D eigenvalue weighted by atomic mass is 9.87. The zero-order chi connectivity index (χ0) is 30.1. The van der Waals surface area contributed by atoms with Crippen LogP contribution in [0, 0.1) is 5.41 Å². The Bertz CT molecular complexity index is 1760. The maximum atomic E-state index is 12.8. The number of benzene rings is 3. The van der Waals surface area contributed by atoms with E-state index in [1.165, 1.54) is 50.2 Å². The molecule has 1 aliphatic rings. The Morgan fingerprint density at radius 3 is 2.51 bits per heavy atom. The van der Waals surface area contributed by atoms with E-state index in [2.05, 4.69) is 72.2 Å². The minimum absolute atomic E-state index is 0.195. The van der Waals surface area contributed by atoms with Crippen molar-refractivity contribution >= 4 is 52.0 Å². The van der Waals surface area contributed by atoms with E-state index in [1.807, 2.05) is 61.8 Å². The molecule has 4 nitrogen and oxygen atoms in total. The first kappa shape index (κ1) is 29.9. The minimum Gasteiger partial charge on any atom is -0.469 e.